The second-order valence-corrected chi connectivity index (χ2v) is 5.26. The smallest absolute Gasteiger partial charge is 0.237 e. The zero-order valence-corrected chi connectivity index (χ0v) is 12.6. The maximum absolute atomic E-state index is 12.2. The number of nitrogens with zero attached hydrogens (tertiary/aromatic N) is 1. The van der Waals surface area contributed by atoms with Crippen LogP contribution in [0.15, 0.2) is 29.4 Å². The SMILES string of the molecule is CON=C1CCNCC1NC(=O)[C@@H](N)Cc1ccc(O)cc1. The standard InChI is InChI=1S/C15H22N4O3/c1-22-19-13-6-7-17-9-14(13)18-15(21)12(16)8-10-2-4-11(20)5-3-10/h2-5,12,14,17,20H,6-9,16H2,1H3,(H,18,21)/t12-,14?/m0/s1. The van der Waals surface area contributed by atoms with Crippen molar-refractivity contribution in [3.63, 3.8) is 0 Å². The number of nitrogens with two attached hydrogens (primary N) is 1. The van der Waals surface area contributed by atoms with Gasteiger partial charge < -0.3 is 26.3 Å². The molecule has 1 saturated heterocycles. The summed E-state index contributed by atoms with van der Waals surface area (Å²) in [7, 11) is 1.49. The number of phenols is 1. The van der Waals surface area contributed by atoms with Crippen LogP contribution in [0.2, 0.25) is 0 Å². The molecule has 0 spiro atoms. The molecule has 1 fully saturated rings. The fourth-order valence-electron chi connectivity index (χ4n) is 2.37. The summed E-state index contributed by atoms with van der Waals surface area (Å²) < 4.78 is 0. The van der Waals surface area contributed by atoms with E-state index >= 15 is 0 Å². The van der Waals surface area contributed by atoms with Crippen molar-refractivity contribution in [3.05, 3.63) is 29.8 Å². The molecule has 1 aromatic rings. The van der Waals surface area contributed by atoms with E-state index in [9.17, 15) is 9.90 Å². The van der Waals surface area contributed by atoms with Gasteiger partial charge in [0.05, 0.1) is 17.8 Å². The Bertz CT molecular complexity index is 530. The number of oxime groups is 1. The van der Waals surface area contributed by atoms with Crippen molar-refractivity contribution in [1.29, 1.82) is 0 Å². The molecule has 1 aromatic carbocycles. The van der Waals surface area contributed by atoms with Gasteiger partial charge in [0.1, 0.15) is 12.9 Å². The van der Waals surface area contributed by atoms with Gasteiger partial charge in [0, 0.05) is 19.5 Å². The van der Waals surface area contributed by atoms with Crippen LogP contribution in [-0.2, 0) is 16.1 Å². The average Bonchev–Trinajstić information content (AvgIpc) is 2.51. The molecule has 1 unspecified atom stereocenters. The van der Waals surface area contributed by atoms with Gasteiger partial charge in [-0.3, -0.25) is 4.79 Å². The van der Waals surface area contributed by atoms with E-state index in [0.717, 1.165) is 24.2 Å². The van der Waals surface area contributed by atoms with E-state index < -0.39 is 6.04 Å². The van der Waals surface area contributed by atoms with Gasteiger partial charge >= 0.3 is 0 Å². The topological polar surface area (TPSA) is 109 Å². The van der Waals surface area contributed by atoms with Gasteiger partial charge in [0.15, 0.2) is 0 Å². The van der Waals surface area contributed by atoms with Crippen molar-refractivity contribution in [2.75, 3.05) is 20.2 Å². The van der Waals surface area contributed by atoms with E-state index in [-0.39, 0.29) is 17.7 Å². The maximum atomic E-state index is 12.2. The molecule has 7 nitrogen and oxygen atoms in total. The number of amides is 1. The Morgan fingerprint density at radius 2 is 2.27 bits per heavy atom. The van der Waals surface area contributed by atoms with E-state index in [1.807, 2.05) is 0 Å². The van der Waals surface area contributed by atoms with E-state index in [1.54, 1.807) is 24.3 Å². The third-order valence-electron chi connectivity index (χ3n) is 3.56. The van der Waals surface area contributed by atoms with Crippen LogP contribution in [0.1, 0.15) is 12.0 Å². The zero-order chi connectivity index (χ0) is 15.9. The predicted molar refractivity (Wildman–Crippen MR) is 83.6 cm³/mol. The summed E-state index contributed by atoms with van der Waals surface area (Å²) in [6.07, 6.45) is 1.13. The highest BCUT2D eigenvalue weighted by atomic mass is 16.6. The first-order chi connectivity index (χ1) is 10.6. The van der Waals surface area contributed by atoms with Gasteiger partial charge in [0.25, 0.3) is 0 Å². The van der Waals surface area contributed by atoms with E-state index in [0.29, 0.717) is 13.0 Å². The largest absolute Gasteiger partial charge is 0.508 e. The Balaban J connectivity index is 1.92. The van der Waals surface area contributed by atoms with Crippen LogP contribution in [-0.4, -0.2) is 49.0 Å². The average molecular weight is 306 g/mol. The molecule has 0 saturated carbocycles. The first-order valence-corrected chi connectivity index (χ1v) is 7.24. The highest BCUT2D eigenvalue weighted by Crippen LogP contribution is 2.11. The molecule has 0 bridgehead atoms. The van der Waals surface area contributed by atoms with Crippen molar-refractivity contribution in [3.8, 4) is 5.75 Å². The Labute approximate surface area is 129 Å². The second kappa shape index (κ2) is 7.77. The molecule has 0 aliphatic carbocycles. The van der Waals surface area contributed by atoms with Crippen LogP contribution in [0.5, 0.6) is 5.75 Å². The number of piperidine rings is 1. The first-order valence-electron chi connectivity index (χ1n) is 7.24. The molecule has 2 rings (SSSR count). The first kappa shape index (κ1) is 16.3. The van der Waals surface area contributed by atoms with Crippen LogP contribution in [0, 0.1) is 0 Å². The second-order valence-electron chi connectivity index (χ2n) is 5.26. The van der Waals surface area contributed by atoms with Gasteiger partial charge in [-0.05, 0) is 24.1 Å². The molecular weight excluding hydrogens is 284 g/mol. The maximum Gasteiger partial charge on any atom is 0.237 e. The minimum absolute atomic E-state index is 0.190. The van der Waals surface area contributed by atoms with Crippen molar-refractivity contribution in [2.24, 2.45) is 10.9 Å². The highest BCUT2D eigenvalue weighted by Gasteiger charge is 2.25. The van der Waals surface area contributed by atoms with Gasteiger partial charge in [-0.15, -0.1) is 0 Å². The Hall–Kier alpha value is -2.12. The zero-order valence-electron chi connectivity index (χ0n) is 12.6. The Kier molecular flexibility index (Phi) is 5.74. The minimum atomic E-state index is -0.657. The molecule has 7 heteroatoms. The van der Waals surface area contributed by atoms with E-state index in [2.05, 4.69) is 15.8 Å². The molecule has 1 aliphatic rings. The van der Waals surface area contributed by atoms with Crippen LogP contribution in [0.4, 0.5) is 0 Å². The molecule has 5 N–H and O–H groups in total. The lowest BCUT2D eigenvalue weighted by Crippen LogP contribution is -2.55. The lowest BCUT2D eigenvalue weighted by Gasteiger charge is -2.26. The number of hydrogen-bond acceptors (Lipinski definition) is 6. The normalized spacial score (nSPS) is 21.4. The molecule has 22 heavy (non-hydrogen) atoms. The number of rotatable bonds is 5. The number of nitrogens with one attached hydrogen (secondary N) is 2. The number of carbonyl (C=O) groups excluding carboxylic acids is 1. The van der Waals surface area contributed by atoms with Crippen molar-refractivity contribution in [2.45, 2.75) is 24.9 Å². The minimum Gasteiger partial charge on any atom is -0.508 e. The van der Waals surface area contributed by atoms with Gasteiger partial charge in [-0.1, -0.05) is 17.3 Å². The summed E-state index contributed by atoms with van der Waals surface area (Å²) in [6, 6.07) is 5.80. The summed E-state index contributed by atoms with van der Waals surface area (Å²) in [5, 5.41) is 19.3. The fraction of sp³-hybridized carbons (Fsp3) is 0.467. The molecule has 1 heterocycles. The van der Waals surface area contributed by atoms with E-state index in [1.165, 1.54) is 7.11 Å². The molecule has 0 radical (unpaired) electrons. The number of phenolic OH excluding ortho intramolecular Hbond substituents is 1. The van der Waals surface area contributed by atoms with Crippen molar-refractivity contribution < 1.29 is 14.7 Å². The molecule has 1 aliphatic heterocycles. The molecule has 1 amide bonds. The summed E-state index contributed by atoms with van der Waals surface area (Å²) in [5.41, 5.74) is 7.67. The lowest BCUT2D eigenvalue weighted by molar-refractivity contribution is -0.122. The van der Waals surface area contributed by atoms with Crippen LogP contribution in [0.25, 0.3) is 0 Å². The van der Waals surface area contributed by atoms with Crippen molar-refractivity contribution in [1.82, 2.24) is 10.6 Å². The predicted octanol–water partition coefficient (Wildman–Crippen LogP) is -0.257. The number of benzene rings is 1. The monoisotopic (exact) mass is 306 g/mol. The van der Waals surface area contributed by atoms with Gasteiger partial charge in [-0.25, -0.2) is 0 Å². The molecule has 2 atom stereocenters. The molecule has 0 aromatic heterocycles. The molecular formula is C15H22N4O3. The lowest BCUT2D eigenvalue weighted by atomic mass is 10.0. The van der Waals surface area contributed by atoms with Gasteiger partial charge in [-0.2, -0.15) is 0 Å². The summed E-state index contributed by atoms with van der Waals surface area (Å²) in [4.78, 5) is 17.0. The highest BCUT2D eigenvalue weighted by molar-refractivity contribution is 5.94. The summed E-state index contributed by atoms with van der Waals surface area (Å²) in [6.45, 7) is 1.42. The molecule has 120 valence electrons. The van der Waals surface area contributed by atoms with Crippen LogP contribution in [0.3, 0.4) is 0 Å². The van der Waals surface area contributed by atoms with Crippen molar-refractivity contribution >= 4 is 11.6 Å². The number of carbonyl (C=O) groups is 1. The van der Waals surface area contributed by atoms with E-state index in [4.69, 9.17) is 10.6 Å². The van der Waals surface area contributed by atoms with Gasteiger partial charge in [0.2, 0.25) is 5.91 Å². The summed E-state index contributed by atoms with van der Waals surface area (Å²) >= 11 is 0. The van der Waals surface area contributed by atoms with Crippen LogP contribution >= 0.6 is 0 Å². The Morgan fingerprint density at radius 3 is 2.95 bits per heavy atom. The third-order valence-corrected chi connectivity index (χ3v) is 3.56. The quantitative estimate of drug-likeness (QED) is 0.561. The Morgan fingerprint density at radius 1 is 1.55 bits per heavy atom. The third kappa shape index (κ3) is 4.44. The number of hydrogen-bond donors (Lipinski definition) is 4. The summed E-state index contributed by atoms with van der Waals surface area (Å²) in [5.74, 6) is -0.0407. The number of aromatic hydroxyl groups is 1. The fourth-order valence-corrected chi connectivity index (χ4v) is 2.37. The van der Waals surface area contributed by atoms with Crippen LogP contribution < -0.4 is 16.4 Å².